The summed E-state index contributed by atoms with van der Waals surface area (Å²) in [6.45, 7) is 6.52. The van der Waals surface area contributed by atoms with Gasteiger partial charge >= 0.3 is 0 Å². The van der Waals surface area contributed by atoms with E-state index in [2.05, 4.69) is 57.7 Å². The van der Waals surface area contributed by atoms with Crippen molar-refractivity contribution in [2.45, 2.75) is 39.3 Å². The van der Waals surface area contributed by atoms with Crippen LogP contribution in [0.4, 0.5) is 22.0 Å². The van der Waals surface area contributed by atoms with Crippen molar-refractivity contribution in [3.05, 3.63) is 77.1 Å². The molecule has 1 saturated heterocycles. The number of benzene rings is 2. The van der Waals surface area contributed by atoms with Gasteiger partial charge in [-0.2, -0.15) is 9.97 Å². The van der Waals surface area contributed by atoms with Crippen LogP contribution in [0, 0.1) is 11.7 Å². The molecule has 3 heterocycles. The zero-order valence-corrected chi connectivity index (χ0v) is 20.8. The molecular formula is C27H31FN6S. The summed E-state index contributed by atoms with van der Waals surface area (Å²) in [7, 11) is 0. The van der Waals surface area contributed by atoms with Crippen LogP contribution >= 0.6 is 12.2 Å². The van der Waals surface area contributed by atoms with Crippen LogP contribution in [0.5, 0.6) is 0 Å². The number of hydrogen-bond acceptors (Lipinski definition) is 5. The molecule has 1 atom stereocenters. The van der Waals surface area contributed by atoms with Gasteiger partial charge < -0.3 is 20.4 Å². The quantitative estimate of drug-likeness (QED) is 0.493. The Bertz CT molecular complexity index is 1180. The molecule has 1 fully saturated rings. The fraction of sp³-hybridized carbons (Fsp3) is 0.370. The Balaban J connectivity index is 1.35. The van der Waals surface area contributed by atoms with Gasteiger partial charge in [-0.3, -0.25) is 0 Å². The summed E-state index contributed by atoms with van der Waals surface area (Å²) in [6, 6.07) is 17.1. The fourth-order valence-corrected chi connectivity index (χ4v) is 4.98. The number of aromatic nitrogens is 2. The van der Waals surface area contributed by atoms with Crippen molar-refractivity contribution in [2.24, 2.45) is 5.92 Å². The predicted molar refractivity (Wildman–Crippen MR) is 143 cm³/mol. The summed E-state index contributed by atoms with van der Waals surface area (Å²) < 4.78 is 13.2. The summed E-state index contributed by atoms with van der Waals surface area (Å²) in [6.07, 6.45) is 3.41. The molecular weight excluding hydrogens is 459 g/mol. The molecule has 2 aromatic carbocycles. The summed E-state index contributed by atoms with van der Waals surface area (Å²) in [5, 5.41) is 6.80. The Morgan fingerprint density at radius 1 is 1.03 bits per heavy atom. The molecule has 5 rings (SSSR count). The van der Waals surface area contributed by atoms with Gasteiger partial charge in [0.05, 0.1) is 0 Å². The lowest BCUT2D eigenvalue weighted by Crippen LogP contribution is -2.36. The van der Waals surface area contributed by atoms with Crippen molar-refractivity contribution in [2.75, 3.05) is 34.8 Å². The number of nitrogens with one attached hydrogen (secondary N) is 2. The van der Waals surface area contributed by atoms with E-state index in [4.69, 9.17) is 22.2 Å². The number of thiocarbonyl (C=S) groups is 1. The molecule has 6 nitrogen and oxygen atoms in total. The van der Waals surface area contributed by atoms with Crippen LogP contribution in [-0.2, 0) is 19.5 Å². The first-order valence-corrected chi connectivity index (χ1v) is 12.7. The minimum Gasteiger partial charge on any atom is -0.358 e. The number of halogens is 1. The van der Waals surface area contributed by atoms with Crippen molar-refractivity contribution >= 4 is 34.9 Å². The fourth-order valence-electron chi connectivity index (χ4n) is 4.82. The zero-order chi connectivity index (χ0) is 24.2. The molecule has 2 aliphatic rings. The van der Waals surface area contributed by atoms with Gasteiger partial charge in [-0.1, -0.05) is 43.3 Å². The zero-order valence-electron chi connectivity index (χ0n) is 20.0. The summed E-state index contributed by atoms with van der Waals surface area (Å²) >= 11 is 5.53. The highest BCUT2D eigenvalue weighted by Crippen LogP contribution is 2.29. The van der Waals surface area contributed by atoms with Crippen LogP contribution in [0.3, 0.4) is 0 Å². The van der Waals surface area contributed by atoms with E-state index in [1.165, 1.54) is 29.7 Å². The molecule has 2 N–H and O–H groups in total. The van der Waals surface area contributed by atoms with Gasteiger partial charge in [-0.15, -0.1) is 0 Å². The number of hydrogen-bond donors (Lipinski definition) is 2. The van der Waals surface area contributed by atoms with Crippen LogP contribution < -0.4 is 20.4 Å². The number of fused-ring (bicyclic) bond motifs is 1. The van der Waals surface area contributed by atoms with Gasteiger partial charge in [0.15, 0.2) is 5.11 Å². The Kier molecular flexibility index (Phi) is 7.08. The molecule has 8 heteroatoms. The van der Waals surface area contributed by atoms with E-state index in [0.717, 1.165) is 56.2 Å². The SMILES string of the molecule is CC1CCCN(c2cc(N3CCc4ccccc4C3)nc(NC(=S)NCc3ccc(F)cc3)n2)C1. The number of anilines is 3. The Hall–Kier alpha value is -3.26. The largest absolute Gasteiger partial charge is 0.358 e. The topological polar surface area (TPSA) is 56.3 Å². The van der Waals surface area contributed by atoms with Crippen molar-refractivity contribution in [3.63, 3.8) is 0 Å². The van der Waals surface area contributed by atoms with Gasteiger partial charge in [-0.05, 0) is 66.2 Å². The second kappa shape index (κ2) is 10.6. The highest BCUT2D eigenvalue weighted by molar-refractivity contribution is 7.80. The maximum absolute atomic E-state index is 13.2. The minimum absolute atomic E-state index is 0.250. The molecule has 3 aromatic rings. The average molecular weight is 491 g/mol. The third-order valence-corrected chi connectivity index (χ3v) is 6.97. The normalized spacial score (nSPS) is 17.6. The van der Waals surface area contributed by atoms with Gasteiger partial charge in [-0.25, -0.2) is 4.39 Å². The molecule has 0 radical (unpaired) electrons. The van der Waals surface area contributed by atoms with Crippen molar-refractivity contribution < 1.29 is 4.39 Å². The smallest absolute Gasteiger partial charge is 0.232 e. The Morgan fingerprint density at radius 2 is 1.77 bits per heavy atom. The van der Waals surface area contributed by atoms with E-state index in [9.17, 15) is 4.39 Å². The molecule has 1 unspecified atom stereocenters. The van der Waals surface area contributed by atoms with E-state index in [1.807, 2.05) is 0 Å². The molecule has 2 aliphatic heterocycles. The number of piperidine rings is 1. The monoisotopic (exact) mass is 490 g/mol. The summed E-state index contributed by atoms with van der Waals surface area (Å²) in [4.78, 5) is 14.4. The third-order valence-electron chi connectivity index (χ3n) is 6.73. The molecule has 0 amide bonds. The molecule has 35 heavy (non-hydrogen) atoms. The third kappa shape index (κ3) is 5.88. The van der Waals surface area contributed by atoms with Crippen LogP contribution in [0.15, 0.2) is 54.6 Å². The average Bonchev–Trinajstić information content (AvgIpc) is 2.88. The Morgan fingerprint density at radius 3 is 2.54 bits per heavy atom. The second-order valence-corrected chi connectivity index (χ2v) is 9.88. The maximum Gasteiger partial charge on any atom is 0.232 e. The Labute approximate surface area is 211 Å². The maximum atomic E-state index is 13.2. The van der Waals surface area contributed by atoms with Crippen LogP contribution in [0.25, 0.3) is 0 Å². The standard InChI is InChI=1S/C27H31FN6S/c1-19-5-4-13-33(17-19)24-15-25(34-14-12-21-6-2-3-7-22(21)18-34)31-26(30-24)32-27(35)29-16-20-8-10-23(28)11-9-20/h2-3,6-11,15,19H,4-5,12-14,16-18H2,1H3,(H2,29,30,31,32,35). The van der Waals surface area contributed by atoms with E-state index >= 15 is 0 Å². The van der Waals surface area contributed by atoms with Crippen molar-refractivity contribution in [1.29, 1.82) is 0 Å². The van der Waals surface area contributed by atoms with Gasteiger partial charge in [0, 0.05) is 38.8 Å². The molecule has 0 spiro atoms. The van der Waals surface area contributed by atoms with Crippen molar-refractivity contribution in [1.82, 2.24) is 15.3 Å². The van der Waals surface area contributed by atoms with E-state index < -0.39 is 0 Å². The lowest BCUT2D eigenvalue weighted by atomic mass is 10.00. The lowest BCUT2D eigenvalue weighted by molar-refractivity contribution is 0.444. The van der Waals surface area contributed by atoms with Crippen molar-refractivity contribution in [3.8, 4) is 0 Å². The van der Waals surface area contributed by atoms with Gasteiger partial charge in [0.25, 0.3) is 0 Å². The van der Waals surface area contributed by atoms with E-state index in [1.54, 1.807) is 12.1 Å². The number of rotatable bonds is 5. The molecule has 0 aliphatic carbocycles. The van der Waals surface area contributed by atoms with Gasteiger partial charge in [0.1, 0.15) is 17.5 Å². The molecule has 0 bridgehead atoms. The first-order chi connectivity index (χ1) is 17.0. The van der Waals surface area contributed by atoms with E-state index in [-0.39, 0.29) is 5.82 Å². The highest BCUT2D eigenvalue weighted by Gasteiger charge is 2.23. The first-order valence-electron chi connectivity index (χ1n) is 12.3. The molecule has 1 aromatic heterocycles. The summed E-state index contributed by atoms with van der Waals surface area (Å²) in [5.41, 5.74) is 3.70. The van der Waals surface area contributed by atoms with Crippen LogP contribution in [0.1, 0.15) is 36.5 Å². The lowest BCUT2D eigenvalue weighted by Gasteiger charge is -2.34. The molecule has 0 saturated carbocycles. The minimum atomic E-state index is -0.250. The van der Waals surface area contributed by atoms with Crippen LogP contribution in [-0.4, -0.2) is 34.7 Å². The van der Waals surface area contributed by atoms with Gasteiger partial charge in [0.2, 0.25) is 5.95 Å². The number of nitrogens with zero attached hydrogens (tertiary/aromatic N) is 4. The first kappa shape index (κ1) is 23.5. The second-order valence-electron chi connectivity index (χ2n) is 9.48. The summed E-state index contributed by atoms with van der Waals surface area (Å²) in [5.74, 6) is 2.72. The van der Waals surface area contributed by atoms with E-state index in [0.29, 0.717) is 23.5 Å². The molecule has 182 valence electrons. The van der Waals surface area contributed by atoms with Crippen LogP contribution in [0.2, 0.25) is 0 Å². The predicted octanol–water partition coefficient (Wildman–Crippen LogP) is 4.90. The highest BCUT2D eigenvalue weighted by atomic mass is 32.1.